The van der Waals surface area contributed by atoms with Gasteiger partial charge in [0, 0.05) is 22.4 Å². The van der Waals surface area contributed by atoms with E-state index < -0.39 is 5.54 Å². The molecule has 1 saturated carbocycles. The van der Waals surface area contributed by atoms with Gasteiger partial charge in [-0.15, -0.1) is 0 Å². The molecule has 2 aromatic carbocycles. The fraction of sp³-hybridized carbons (Fsp3) is 0.350. The molecule has 3 unspecified atom stereocenters. The maximum absolute atomic E-state index is 13.6. The Kier molecular flexibility index (Phi) is 3.76. The second kappa shape index (κ2) is 5.73. The Balaban J connectivity index is 1.53. The van der Waals surface area contributed by atoms with Gasteiger partial charge in [0.25, 0.3) is 0 Å². The van der Waals surface area contributed by atoms with Crippen LogP contribution in [0.15, 0.2) is 42.5 Å². The van der Waals surface area contributed by atoms with Gasteiger partial charge in [0.05, 0.1) is 18.1 Å². The minimum Gasteiger partial charge on any atom is -0.493 e. The summed E-state index contributed by atoms with van der Waals surface area (Å²) in [6.07, 6.45) is 0. The molecule has 2 aromatic rings. The summed E-state index contributed by atoms with van der Waals surface area (Å²) in [5, 5.41) is 3.75. The van der Waals surface area contributed by atoms with E-state index in [4.69, 9.17) is 16.3 Å². The molecule has 0 aromatic heterocycles. The molecule has 1 N–H and O–H groups in total. The first-order chi connectivity index (χ1) is 11.9. The third kappa shape index (κ3) is 2.89. The van der Waals surface area contributed by atoms with Crippen LogP contribution < -0.4 is 10.1 Å². The Hall–Kier alpha value is -2.07. The summed E-state index contributed by atoms with van der Waals surface area (Å²) in [5.74, 6) is 0.335. The highest BCUT2D eigenvalue weighted by Crippen LogP contribution is 2.59. The number of hydrogen-bond acceptors (Lipinski definition) is 2. The zero-order valence-electron chi connectivity index (χ0n) is 14.1. The largest absolute Gasteiger partial charge is 0.493 e. The molecule has 4 rings (SSSR count). The number of halogens is 2. The Morgan fingerprint density at radius 2 is 2.08 bits per heavy atom. The second-order valence-corrected chi connectivity index (χ2v) is 7.77. The summed E-state index contributed by atoms with van der Waals surface area (Å²) in [6, 6.07) is 12.0. The molecule has 130 valence electrons. The van der Waals surface area contributed by atoms with Gasteiger partial charge in [-0.25, -0.2) is 4.39 Å². The average Bonchev–Trinajstić information content (AvgIpc) is 3.29. The molecule has 0 spiro atoms. The van der Waals surface area contributed by atoms with E-state index >= 15 is 0 Å². The average molecular weight is 360 g/mol. The third-order valence-electron chi connectivity index (χ3n) is 5.22. The van der Waals surface area contributed by atoms with Crippen molar-refractivity contribution in [3.63, 3.8) is 0 Å². The van der Waals surface area contributed by atoms with Crippen molar-refractivity contribution >= 4 is 17.5 Å². The van der Waals surface area contributed by atoms with Gasteiger partial charge in [0.2, 0.25) is 5.91 Å². The molecule has 1 aliphatic carbocycles. The fourth-order valence-electron chi connectivity index (χ4n) is 3.80. The molecule has 25 heavy (non-hydrogen) atoms. The molecule has 1 aliphatic heterocycles. The van der Waals surface area contributed by atoms with Gasteiger partial charge < -0.3 is 10.1 Å². The SMILES string of the molecule is CC(C)(NC(=O)C1C2COc3ccc(F)cc3C21)c1cccc(Cl)c1. The predicted octanol–water partition coefficient (Wildman–Crippen LogP) is 4.25. The highest BCUT2D eigenvalue weighted by Gasteiger charge is 2.59. The normalized spacial score (nSPS) is 23.9. The topological polar surface area (TPSA) is 38.3 Å². The van der Waals surface area contributed by atoms with Gasteiger partial charge in [0.1, 0.15) is 11.6 Å². The number of benzene rings is 2. The summed E-state index contributed by atoms with van der Waals surface area (Å²) in [7, 11) is 0. The standard InChI is InChI=1S/C20H19ClFNO2/c1-20(2,11-4-3-5-12(21)8-11)23-19(24)18-15-10-25-16-7-6-13(22)9-14(16)17(15)18/h3-9,15,17-18H,10H2,1-2H3,(H,23,24). The van der Waals surface area contributed by atoms with Crippen LogP contribution in [0.1, 0.15) is 30.9 Å². The van der Waals surface area contributed by atoms with Crippen molar-refractivity contribution in [2.75, 3.05) is 6.61 Å². The molecule has 1 amide bonds. The van der Waals surface area contributed by atoms with E-state index in [0.717, 1.165) is 11.1 Å². The zero-order chi connectivity index (χ0) is 17.8. The number of ether oxygens (including phenoxy) is 1. The Labute approximate surface area is 151 Å². The number of nitrogens with one attached hydrogen (secondary N) is 1. The van der Waals surface area contributed by atoms with Crippen molar-refractivity contribution in [1.29, 1.82) is 0 Å². The molecule has 0 saturated heterocycles. The molecular weight excluding hydrogens is 341 g/mol. The van der Waals surface area contributed by atoms with Crippen LogP contribution in [0.25, 0.3) is 0 Å². The van der Waals surface area contributed by atoms with Crippen LogP contribution in [0, 0.1) is 17.7 Å². The van der Waals surface area contributed by atoms with Crippen molar-refractivity contribution in [2.24, 2.45) is 11.8 Å². The highest BCUT2D eigenvalue weighted by molar-refractivity contribution is 6.30. The molecule has 3 atom stereocenters. The summed E-state index contributed by atoms with van der Waals surface area (Å²) in [4.78, 5) is 12.8. The zero-order valence-corrected chi connectivity index (χ0v) is 14.8. The van der Waals surface area contributed by atoms with Crippen LogP contribution >= 0.6 is 11.6 Å². The van der Waals surface area contributed by atoms with Crippen LogP contribution in [0.5, 0.6) is 5.75 Å². The van der Waals surface area contributed by atoms with Gasteiger partial charge in [0.15, 0.2) is 0 Å². The van der Waals surface area contributed by atoms with Gasteiger partial charge in [-0.3, -0.25) is 4.79 Å². The summed E-state index contributed by atoms with van der Waals surface area (Å²) in [5.41, 5.74) is 1.20. The fourth-order valence-corrected chi connectivity index (χ4v) is 3.99. The second-order valence-electron chi connectivity index (χ2n) is 7.33. The van der Waals surface area contributed by atoms with E-state index in [1.807, 2.05) is 32.0 Å². The monoisotopic (exact) mass is 359 g/mol. The molecule has 0 radical (unpaired) electrons. The minimum atomic E-state index is -0.542. The van der Waals surface area contributed by atoms with Crippen LogP contribution in [0.4, 0.5) is 4.39 Å². The summed E-state index contributed by atoms with van der Waals surface area (Å²) < 4.78 is 19.3. The molecule has 2 aliphatic rings. The first kappa shape index (κ1) is 16.4. The smallest absolute Gasteiger partial charge is 0.224 e. The van der Waals surface area contributed by atoms with Gasteiger partial charge in [-0.1, -0.05) is 23.7 Å². The van der Waals surface area contributed by atoms with E-state index in [2.05, 4.69) is 5.32 Å². The van der Waals surface area contributed by atoms with Gasteiger partial charge in [-0.2, -0.15) is 0 Å². The van der Waals surface area contributed by atoms with E-state index in [0.29, 0.717) is 17.4 Å². The number of amides is 1. The number of hydrogen-bond donors (Lipinski definition) is 1. The number of rotatable bonds is 3. The Morgan fingerprint density at radius 1 is 1.28 bits per heavy atom. The van der Waals surface area contributed by atoms with Gasteiger partial charge >= 0.3 is 0 Å². The molecular formula is C20H19ClFNO2. The van der Waals surface area contributed by atoms with Gasteiger partial charge in [-0.05, 0) is 49.7 Å². The maximum Gasteiger partial charge on any atom is 0.224 e. The summed E-state index contributed by atoms with van der Waals surface area (Å²) in [6.45, 7) is 4.40. The van der Waals surface area contributed by atoms with Crippen molar-refractivity contribution in [1.82, 2.24) is 5.32 Å². The lowest BCUT2D eigenvalue weighted by atomic mass is 9.94. The van der Waals surface area contributed by atoms with E-state index in [-0.39, 0.29) is 29.5 Å². The summed E-state index contributed by atoms with van der Waals surface area (Å²) >= 11 is 6.07. The lowest BCUT2D eigenvalue weighted by molar-refractivity contribution is -0.124. The number of carbonyl (C=O) groups excluding carboxylic acids is 1. The van der Waals surface area contributed by atoms with Crippen LogP contribution in [-0.4, -0.2) is 12.5 Å². The molecule has 0 bridgehead atoms. The van der Waals surface area contributed by atoms with E-state index in [1.165, 1.54) is 12.1 Å². The van der Waals surface area contributed by atoms with Crippen molar-refractivity contribution in [3.8, 4) is 5.75 Å². The highest BCUT2D eigenvalue weighted by atomic mass is 35.5. The van der Waals surface area contributed by atoms with E-state index in [1.54, 1.807) is 12.1 Å². The molecule has 5 heteroatoms. The first-order valence-corrected chi connectivity index (χ1v) is 8.75. The molecule has 1 fully saturated rings. The van der Waals surface area contributed by atoms with Crippen molar-refractivity contribution in [3.05, 3.63) is 64.4 Å². The van der Waals surface area contributed by atoms with Crippen molar-refractivity contribution in [2.45, 2.75) is 25.3 Å². The molecule has 1 heterocycles. The third-order valence-corrected chi connectivity index (χ3v) is 5.45. The minimum absolute atomic E-state index is 0.0271. The number of fused-ring (bicyclic) bond motifs is 3. The van der Waals surface area contributed by atoms with Crippen LogP contribution in [0.2, 0.25) is 5.02 Å². The van der Waals surface area contributed by atoms with Crippen LogP contribution in [-0.2, 0) is 10.3 Å². The predicted molar refractivity (Wildman–Crippen MR) is 94.2 cm³/mol. The lowest BCUT2D eigenvalue weighted by Gasteiger charge is -2.27. The number of carbonyl (C=O) groups is 1. The van der Waals surface area contributed by atoms with E-state index in [9.17, 15) is 9.18 Å². The quantitative estimate of drug-likeness (QED) is 0.889. The first-order valence-electron chi connectivity index (χ1n) is 8.37. The van der Waals surface area contributed by atoms with Crippen LogP contribution in [0.3, 0.4) is 0 Å². The Bertz CT molecular complexity index is 851. The maximum atomic E-state index is 13.6. The van der Waals surface area contributed by atoms with Crippen molar-refractivity contribution < 1.29 is 13.9 Å². The lowest BCUT2D eigenvalue weighted by Crippen LogP contribution is -2.42. The molecule has 3 nitrogen and oxygen atoms in total. The Morgan fingerprint density at radius 3 is 2.84 bits per heavy atom.